The molecule has 0 heterocycles. The Hall–Kier alpha value is -1.16. The van der Waals surface area contributed by atoms with E-state index in [1.807, 2.05) is 18.2 Å². The molecule has 1 unspecified atom stereocenters. The van der Waals surface area contributed by atoms with Gasteiger partial charge in [0.2, 0.25) is 0 Å². The molecule has 0 bridgehead atoms. The van der Waals surface area contributed by atoms with E-state index in [9.17, 15) is 0 Å². The molecule has 0 saturated heterocycles. The molecule has 106 valence electrons. The van der Waals surface area contributed by atoms with Gasteiger partial charge in [-0.05, 0) is 35.2 Å². The smallest absolute Gasteiger partial charge is 0.0681 e. The van der Waals surface area contributed by atoms with Crippen LogP contribution in [-0.4, -0.2) is 5.11 Å². The van der Waals surface area contributed by atoms with Crippen LogP contribution in [0.15, 0.2) is 53.0 Å². The summed E-state index contributed by atoms with van der Waals surface area (Å²) in [5.74, 6) is 0. The van der Waals surface area contributed by atoms with E-state index in [1.165, 1.54) is 11.1 Å². The maximum atomic E-state index is 9.16. The van der Waals surface area contributed by atoms with Crippen molar-refractivity contribution in [1.29, 1.82) is 0 Å². The molecular weight excluding hydrogens is 314 g/mol. The normalized spacial score (nSPS) is 12.3. The van der Waals surface area contributed by atoms with E-state index < -0.39 is 0 Å². The minimum absolute atomic E-state index is 0.0950. The molecule has 1 atom stereocenters. The highest BCUT2D eigenvalue weighted by atomic mass is 79.9. The van der Waals surface area contributed by atoms with Crippen molar-refractivity contribution in [2.45, 2.75) is 32.5 Å². The zero-order valence-electron chi connectivity index (χ0n) is 11.6. The second-order valence-corrected chi connectivity index (χ2v) is 5.79. The van der Waals surface area contributed by atoms with Gasteiger partial charge in [-0.1, -0.05) is 59.3 Å². The highest BCUT2D eigenvalue weighted by molar-refractivity contribution is 9.10. The molecule has 0 radical (unpaired) electrons. The van der Waals surface area contributed by atoms with Gasteiger partial charge in [0, 0.05) is 17.1 Å². The molecule has 2 rings (SSSR count). The lowest BCUT2D eigenvalue weighted by molar-refractivity contribution is 0.281. The van der Waals surface area contributed by atoms with Crippen LogP contribution in [0.4, 0.5) is 0 Å². The van der Waals surface area contributed by atoms with Gasteiger partial charge in [-0.3, -0.25) is 0 Å². The van der Waals surface area contributed by atoms with Crippen molar-refractivity contribution in [3.05, 3.63) is 69.7 Å². The Morgan fingerprint density at radius 1 is 1.10 bits per heavy atom. The van der Waals surface area contributed by atoms with E-state index in [2.05, 4.69) is 58.5 Å². The SMILES string of the molecule is CCC(NCc1cccc(CO)c1)c1ccc(Br)cc1. The van der Waals surface area contributed by atoms with Crippen molar-refractivity contribution in [1.82, 2.24) is 5.32 Å². The first-order valence-corrected chi connectivity index (χ1v) is 7.69. The molecule has 0 aliphatic rings. The lowest BCUT2D eigenvalue weighted by Gasteiger charge is -2.18. The summed E-state index contributed by atoms with van der Waals surface area (Å²) in [6.07, 6.45) is 1.04. The molecule has 20 heavy (non-hydrogen) atoms. The Morgan fingerprint density at radius 3 is 2.45 bits per heavy atom. The second-order valence-electron chi connectivity index (χ2n) is 4.87. The van der Waals surface area contributed by atoms with Crippen molar-refractivity contribution in [3.63, 3.8) is 0 Å². The second kappa shape index (κ2) is 7.58. The number of halogens is 1. The molecule has 0 spiro atoms. The van der Waals surface area contributed by atoms with Crippen LogP contribution in [0.2, 0.25) is 0 Å². The fraction of sp³-hybridized carbons (Fsp3) is 0.294. The Balaban J connectivity index is 2.01. The Bertz CT molecular complexity index is 539. The maximum Gasteiger partial charge on any atom is 0.0681 e. The summed E-state index contributed by atoms with van der Waals surface area (Å²) >= 11 is 3.46. The van der Waals surface area contributed by atoms with E-state index in [0.29, 0.717) is 6.04 Å². The third-order valence-electron chi connectivity index (χ3n) is 3.41. The molecule has 0 saturated carbocycles. The number of hydrogen-bond acceptors (Lipinski definition) is 2. The van der Waals surface area contributed by atoms with Gasteiger partial charge in [0.05, 0.1) is 6.61 Å². The van der Waals surface area contributed by atoms with Crippen LogP contribution in [0.1, 0.15) is 36.1 Å². The predicted octanol–water partition coefficient (Wildman–Crippen LogP) is 4.18. The van der Waals surface area contributed by atoms with Crippen LogP contribution in [-0.2, 0) is 13.2 Å². The minimum Gasteiger partial charge on any atom is -0.392 e. The zero-order chi connectivity index (χ0) is 14.4. The van der Waals surface area contributed by atoms with Crippen LogP contribution in [0.5, 0.6) is 0 Å². The fourth-order valence-electron chi connectivity index (χ4n) is 2.27. The third kappa shape index (κ3) is 4.17. The first kappa shape index (κ1) is 15.2. The van der Waals surface area contributed by atoms with Crippen LogP contribution < -0.4 is 5.32 Å². The van der Waals surface area contributed by atoms with Gasteiger partial charge >= 0.3 is 0 Å². The molecule has 3 heteroatoms. The predicted molar refractivity (Wildman–Crippen MR) is 86.4 cm³/mol. The Kier molecular flexibility index (Phi) is 5.77. The fourth-order valence-corrected chi connectivity index (χ4v) is 2.54. The number of aliphatic hydroxyl groups excluding tert-OH is 1. The summed E-state index contributed by atoms with van der Waals surface area (Å²) in [6, 6.07) is 16.9. The monoisotopic (exact) mass is 333 g/mol. The molecular formula is C17H20BrNO. The lowest BCUT2D eigenvalue weighted by atomic mass is 10.0. The van der Waals surface area contributed by atoms with Crippen molar-refractivity contribution >= 4 is 15.9 Å². The number of aliphatic hydroxyl groups is 1. The van der Waals surface area contributed by atoms with Gasteiger partial charge in [0.15, 0.2) is 0 Å². The number of hydrogen-bond donors (Lipinski definition) is 2. The average molecular weight is 334 g/mol. The summed E-state index contributed by atoms with van der Waals surface area (Å²) in [5, 5.41) is 12.7. The van der Waals surface area contributed by atoms with Crippen molar-refractivity contribution in [2.24, 2.45) is 0 Å². The van der Waals surface area contributed by atoms with Gasteiger partial charge < -0.3 is 10.4 Å². The Labute approximate surface area is 129 Å². The van der Waals surface area contributed by atoms with Crippen LogP contribution >= 0.6 is 15.9 Å². The summed E-state index contributed by atoms with van der Waals surface area (Å²) in [7, 11) is 0. The van der Waals surface area contributed by atoms with Crippen LogP contribution in [0, 0.1) is 0 Å². The zero-order valence-corrected chi connectivity index (χ0v) is 13.2. The van der Waals surface area contributed by atoms with Gasteiger partial charge in [-0.2, -0.15) is 0 Å². The quantitative estimate of drug-likeness (QED) is 0.830. The number of rotatable bonds is 6. The van der Waals surface area contributed by atoms with Crippen molar-refractivity contribution in [3.8, 4) is 0 Å². The molecule has 2 N–H and O–H groups in total. The van der Waals surface area contributed by atoms with Crippen molar-refractivity contribution < 1.29 is 5.11 Å². The Morgan fingerprint density at radius 2 is 1.80 bits per heavy atom. The van der Waals surface area contributed by atoms with E-state index in [0.717, 1.165) is 23.0 Å². The number of nitrogens with one attached hydrogen (secondary N) is 1. The van der Waals surface area contributed by atoms with Crippen LogP contribution in [0.25, 0.3) is 0 Å². The molecule has 2 aromatic carbocycles. The standard InChI is InChI=1S/C17H20BrNO/c1-2-17(15-6-8-16(18)9-7-15)19-11-13-4-3-5-14(10-13)12-20/h3-10,17,19-20H,2,11-12H2,1H3. The molecule has 0 fully saturated rings. The first-order valence-electron chi connectivity index (χ1n) is 6.90. The maximum absolute atomic E-state index is 9.16. The molecule has 0 amide bonds. The van der Waals surface area contributed by atoms with Crippen molar-refractivity contribution in [2.75, 3.05) is 0 Å². The molecule has 2 nitrogen and oxygen atoms in total. The van der Waals surface area contributed by atoms with Gasteiger partial charge in [0.25, 0.3) is 0 Å². The van der Waals surface area contributed by atoms with Crippen LogP contribution in [0.3, 0.4) is 0 Å². The molecule has 0 aliphatic carbocycles. The number of benzene rings is 2. The van der Waals surface area contributed by atoms with E-state index in [4.69, 9.17) is 5.11 Å². The first-order chi connectivity index (χ1) is 9.72. The van der Waals surface area contributed by atoms with E-state index in [-0.39, 0.29) is 6.61 Å². The summed E-state index contributed by atoms with van der Waals surface area (Å²) in [6.45, 7) is 3.09. The largest absolute Gasteiger partial charge is 0.392 e. The molecule has 0 aromatic heterocycles. The van der Waals surface area contributed by atoms with Gasteiger partial charge in [-0.15, -0.1) is 0 Å². The topological polar surface area (TPSA) is 32.3 Å². The van der Waals surface area contributed by atoms with Gasteiger partial charge in [0.1, 0.15) is 0 Å². The minimum atomic E-state index is 0.0950. The molecule has 2 aromatic rings. The highest BCUT2D eigenvalue weighted by Gasteiger charge is 2.08. The van der Waals surface area contributed by atoms with E-state index in [1.54, 1.807) is 0 Å². The highest BCUT2D eigenvalue weighted by Crippen LogP contribution is 2.20. The third-order valence-corrected chi connectivity index (χ3v) is 3.94. The summed E-state index contributed by atoms with van der Waals surface area (Å²) < 4.78 is 1.10. The van der Waals surface area contributed by atoms with Gasteiger partial charge in [-0.25, -0.2) is 0 Å². The molecule has 0 aliphatic heterocycles. The van der Waals surface area contributed by atoms with E-state index >= 15 is 0 Å². The summed E-state index contributed by atoms with van der Waals surface area (Å²) in [5.41, 5.74) is 3.46. The lowest BCUT2D eigenvalue weighted by Crippen LogP contribution is -2.20. The average Bonchev–Trinajstić information content (AvgIpc) is 2.50. The summed E-state index contributed by atoms with van der Waals surface area (Å²) in [4.78, 5) is 0.